The number of pyridine rings is 1. The van der Waals surface area contributed by atoms with Crippen LogP contribution in [0.5, 0.6) is 0 Å². The molecule has 0 radical (unpaired) electrons. The summed E-state index contributed by atoms with van der Waals surface area (Å²) in [6.07, 6.45) is 1.67. The molecule has 1 aromatic carbocycles. The van der Waals surface area contributed by atoms with Gasteiger partial charge in [0.05, 0.1) is 22.6 Å². The predicted molar refractivity (Wildman–Crippen MR) is 63.4 cm³/mol. The van der Waals surface area contributed by atoms with Gasteiger partial charge in [0.15, 0.2) is 0 Å². The van der Waals surface area contributed by atoms with Crippen LogP contribution in [-0.4, -0.2) is 4.98 Å². The molecule has 0 atom stereocenters. The Morgan fingerprint density at radius 2 is 1.93 bits per heavy atom. The summed E-state index contributed by atoms with van der Waals surface area (Å²) in [6.45, 7) is 0. The molecule has 76 valence electrons. The second-order valence-electron chi connectivity index (χ2n) is 3.08. The molecular weight excluding hydrogens is 210 g/mol. The van der Waals surface area contributed by atoms with E-state index < -0.39 is 0 Å². The van der Waals surface area contributed by atoms with E-state index in [9.17, 15) is 0 Å². The van der Waals surface area contributed by atoms with E-state index in [2.05, 4.69) is 10.3 Å². The molecule has 0 unspecified atom stereocenters. The largest absolute Gasteiger partial charge is 0.384 e. The standard InChI is InChI=1S/C11H10ClN3/c12-9-3-1-2-4-10(9)15-8-5-6-11(13)14-7-8/h1-7,15H,(H2,13,14). The van der Waals surface area contributed by atoms with Gasteiger partial charge in [-0.05, 0) is 24.3 Å². The number of anilines is 3. The van der Waals surface area contributed by atoms with Crippen molar-refractivity contribution in [1.82, 2.24) is 4.98 Å². The van der Waals surface area contributed by atoms with Gasteiger partial charge in [0, 0.05) is 0 Å². The molecule has 0 aliphatic carbocycles. The zero-order valence-corrected chi connectivity index (χ0v) is 8.70. The number of hydrogen-bond donors (Lipinski definition) is 2. The summed E-state index contributed by atoms with van der Waals surface area (Å²) in [5, 5.41) is 3.82. The number of nitrogens with zero attached hydrogens (tertiary/aromatic N) is 1. The van der Waals surface area contributed by atoms with Gasteiger partial charge >= 0.3 is 0 Å². The van der Waals surface area contributed by atoms with Gasteiger partial charge in [-0.2, -0.15) is 0 Å². The molecule has 3 N–H and O–H groups in total. The Morgan fingerprint density at radius 3 is 2.60 bits per heavy atom. The summed E-state index contributed by atoms with van der Waals surface area (Å²) >= 11 is 6.00. The van der Waals surface area contributed by atoms with Gasteiger partial charge in [0.25, 0.3) is 0 Å². The van der Waals surface area contributed by atoms with Crippen LogP contribution in [0.4, 0.5) is 17.2 Å². The highest BCUT2D eigenvalue weighted by Gasteiger charge is 1.98. The van der Waals surface area contributed by atoms with Crippen molar-refractivity contribution < 1.29 is 0 Å². The average molecular weight is 220 g/mol. The van der Waals surface area contributed by atoms with Crippen LogP contribution in [-0.2, 0) is 0 Å². The highest BCUT2D eigenvalue weighted by atomic mass is 35.5. The van der Waals surface area contributed by atoms with Crippen LogP contribution in [0.2, 0.25) is 5.02 Å². The van der Waals surface area contributed by atoms with Crippen molar-refractivity contribution in [3.8, 4) is 0 Å². The van der Waals surface area contributed by atoms with Gasteiger partial charge in [-0.25, -0.2) is 4.98 Å². The van der Waals surface area contributed by atoms with Crippen LogP contribution in [0.25, 0.3) is 0 Å². The first-order valence-electron chi connectivity index (χ1n) is 4.49. The van der Waals surface area contributed by atoms with Gasteiger partial charge in [0.2, 0.25) is 0 Å². The van der Waals surface area contributed by atoms with E-state index in [1.54, 1.807) is 12.3 Å². The molecule has 0 spiro atoms. The van der Waals surface area contributed by atoms with Crippen LogP contribution in [0.15, 0.2) is 42.6 Å². The molecule has 4 heteroatoms. The number of nitrogens with two attached hydrogens (primary N) is 1. The highest BCUT2D eigenvalue weighted by Crippen LogP contribution is 2.24. The molecule has 1 aromatic heterocycles. The Morgan fingerprint density at radius 1 is 1.13 bits per heavy atom. The summed E-state index contributed by atoms with van der Waals surface area (Å²) in [7, 11) is 0. The summed E-state index contributed by atoms with van der Waals surface area (Å²) in [4.78, 5) is 3.98. The van der Waals surface area contributed by atoms with Gasteiger partial charge in [-0.15, -0.1) is 0 Å². The van der Waals surface area contributed by atoms with Gasteiger partial charge < -0.3 is 11.1 Å². The lowest BCUT2D eigenvalue weighted by Crippen LogP contribution is -1.94. The zero-order valence-electron chi connectivity index (χ0n) is 7.94. The number of benzene rings is 1. The van der Waals surface area contributed by atoms with Crippen molar-refractivity contribution in [3.05, 3.63) is 47.6 Å². The van der Waals surface area contributed by atoms with Gasteiger partial charge in [0.1, 0.15) is 5.82 Å². The van der Waals surface area contributed by atoms with E-state index in [1.807, 2.05) is 30.3 Å². The topological polar surface area (TPSA) is 50.9 Å². The Bertz CT molecular complexity index is 454. The van der Waals surface area contributed by atoms with E-state index in [4.69, 9.17) is 17.3 Å². The molecule has 0 amide bonds. The smallest absolute Gasteiger partial charge is 0.123 e. The molecule has 0 bridgehead atoms. The molecule has 0 aliphatic heterocycles. The number of halogens is 1. The third-order valence-corrected chi connectivity index (χ3v) is 2.27. The van der Waals surface area contributed by atoms with Crippen molar-refractivity contribution >= 4 is 28.8 Å². The first-order valence-corrected chi connectivity index (χ1v) is 4.86. The summed E-state index contributed by atoms with van der Waals surface area (Å²) < 4.78 is 0. The predicted octanol–water partition coefficient (Wildman–Crippen LogP) is 3.06. The fraction of sp³-hybridized carbons (Fsp3) is 0. The number of para-hydroxylation sites is 1. The quantitative estimate of drug-likeness (QED) is 0.816. The van der Waals surface area contributed by atoms with Crippen molar-refractivity contribution in [2.45, 2.75) is 0 Å². The molecule has 1 heterocycles. The van der Waals surface area contributed by atoms with Crippen LogP contribution in [0, 0.1) is 0 Å². The van der Waals surface area contributed by atoms with Crippen molar-refractivity contribution in [2.24, 2.45) is 0 Å². The maximum Gasteiger partial charge on any atom is 0.123 e. The monoisotopic (exact) mass is 219 g/mol. The van der Waals surface area contributed by atoms with Crippen LogP contribution in [0.1, 0.15) is 0 Å². The Balaban J connectivity index is 2.22. The third kappa shape index (κ3) is 2.39. The number of rotatable bonds is 2. The van der Waals surface area contributed by atoms with Crippen LogP contribution >= 0.6 is 11.6 Å². The molecule has 15 heavy (non-hydrogen) atoms. The normalized spacial score (nSPS) is 9.93. The minimum Gasteiger partial charge on any atom is -0.384 e. The lowest BCUT2D eigenvalue weighted by molar-refractivity contribution is 1.33. The van der Waals surface area contributed by atoms with E-state index in [-0.39, 0.29) is 0 Å². The van der Waals surface area contributed by atoms with Crippen LogP contribution < -0.4 is 11.1 Å². The molecule has 0 fully saturated rings. The summed E-state index contributed by atoms with van der Waals surface area (Å²) in [5.41, 5.74) is 7.20. The number of nitrogens with one attached hydrogen (secondary N) is 1. The van der Waals surface area contributed by atoms with E-state index in [0.29, 0.717) is 10.8 Å². The summed E-state index contributed by atoms with van der Waals surface area (Å²) in [6, 6.07) is 11.1. The third-order valence-electron chi connectivity index (χ3n) is 1.94. The molecular formula is C11H10ClN3. The first-order chi connectivity index (χ1) is 7.25. The van der Waals surface area contributed by atoms with Crippen molar-refractivity contribution in [2.75, 3.05) is 11.1 Å². The van der Waals surface area contributed by atoms with Crippen LogP contribution in [0.3, 0.4) is 0 Å². The Kier molecular flexibility index (Phi) is 2.74. The first kappa shape index (κ1) is 9.80. The molecule has 0 saturated heterocycles. The molecule has 2 aromatic rings. The van der Waals surface area contributed by atoms with E-state index in [0.717, 1.165) is 11.4 Å². The Hall–Kier alpha value is -1.74. The molecule has 3 nitrogen and oxygen atoms in total. The highest BCUT2D eigenvalue weighted by molar-refractivity contribution is 6.33. The van der Waals surface area contributed by atoms with E-state index in [1.165, 1.54) is 0 Å². The molecule has 0 saturated carbocycles. The minimum absolute atomic E-state index is 0.500. The lowest BCUT2D eigenvalue weighted by atomic mass is 10.3. The van der Waals surface area contributed by atoms with Crippen molar-refractivity contribution in [3.63, 3.8) is 0 Å². The fourth-order valence-electron chi connectivity index (χ4n) is 1.20. The molecule has 2 rings (SSSR count). The zero-order chi connectivity index (χ0) is 10.7. The number of nitrogen functional groups attached to an aromatic ring is 1. The van der Waals surface area contributed by atoms with Gasteiger partial charge in [-0.1, -0.05) is 23.7 Å². The lowest BCUT2D eigenvalue weighted by Gasteiger charge is -2.07. The SMILES string of the molecule is Nc1ccc(Nc2ccccc2Cl)cn1. The van der Waals surface area contributed by atoms with Crippen molar-refractivity contribution in [1.29, 1.82) is 0 Å². The fourth-order valence-corrected chi connectivity index (χ4v) is 1.38. The van der Waals surface area contributed by atoms with Gasteiger partial charge in [-0.3, -0.25) is 0 Å². The summed E-state index contributed by atoms with van der Waals surface area (Å²) in [5.74, 6) is 0.500. The minimum atomic E-state index is 0.500. The second-order valence-corrected chi connectivity index (χ2v) is 3.48. The maximum atomic E-state index is 6.00. The second kappa shape index (κ2) is 4.19. The number of hydrogen-bond acceptors (Lipinski definition) is 3. The average Bonchev–Trinajstić information content (AvgIpc) is 2.25. The van der Waals surface area contributed by atoms with E-state index >= 15 is 0 Å². The maximum absolute atomic E-state index is 6.00. The number of aromatic nitrogens is 1. The Labute approximate surface area is 92.9 Å². The molecule has 0 aliphatic rings.